The third-order valence-electron chi connectivity index (χ3n) is 7.66. The van der Waals surface area contributed by atoms with Gasteiger partial charge in [-0.05, 0) is 97.5 Å². The number of aromatic carboxylic acids is 1. The van der Waals surface area contributed by atoms with Crippen LogP contribution in [0.3, 0.4) is 0 Å². The van der Waals surface area contributed by atoms with Crippen molar-refractivity contribution >= 4 is 51.7 Å². The number of anilines is 1. The number of benzene rings is 4. The molecule has 238 valence electrons. The number of alkyl halides is 1. The third-order valence-corrected chi connectivity index (χ3v) is 8.16. The maximum atomic E-state index is 13.9. The number of carboxylic acids is 1. The van der Waals surface area contributed by atoms with E-state index in [0.717, 1.165) is 28.0 Å². The number of nitrogens with zero attached hydrogens (tertiary/aromatic N) is 2. The Morgan fingerprint density at radius 2 is 1.65 bits per heavy atom. The summed E-state index contributed by atoms with van der Waals surface area (Å²) in [6, 6.07) is 26.8. The van der Waals surface area contributed by atoms with Crippen molar-refractivity contribution in [2.45, 2.75) is 45.8 Å². The Bertz CT molecular complexity index is 1840. The molecule has 0 spiro atoms. The molecule has 0 saturated carbocycles. The Labute approximate surface area is 277 Å². The summed E-state index contributed by atoms with van der Waals surface area (Å²) in [6.07, 6.45) is 1.01. The van der Waals surface area contributed by atoms with Gasteiger partial charge in [-0.2, -0.15) is 0 Å². The molecule has 1 aromatic heterocycles. The number of carboxylic acid groups (broad SMARTS) is 1. The van der Waals surface area contributed by atoms with Gasteiger partial charge in [-0.25, -0.2) is 9.18 Å². The Balaban J connectivity index is 1.69. The average molecular weight is 662 g/mol. The molecule has 1 amide bonds. The zero-order chi connectivity index (χ0) is 32.8. The lowest BCUT2D eigenvalue weighted by Gasteiger charge is -2.24. The number of hydrogen-bond donors (Lipinski definition) is 1. The first-order chi connectivity index (χ1) is 22.1. The summed E-state index contributed by atoms with van der Waals surface area (Å²) in [7, 11) is 0. The second-order valence-electron chi connectivity index (χ2n) is 11.4. The first-order valence-corrected chi connectivity index (χ1v) is 16.1. The molecule has 5 rings (SSSR count). The smallest absolute Gasteiger partial charge is 0.354 e. The number of fused-ring (bicyclic) bond motifs is 1. The number of carbonyl (C=O) groups is 2. The van der Waals surface area contributed by atoms with Crippen LogP contribution in [0.1, 0.15) is 48.3 Å². The molecule has 0 saturated heterocycles. The number of ether oxygens (including phenoxy) is 1. The van der Waals surface area contributed by atoms with Crippen molar-refractivity contribution in [2.24, 2.45) is 0 Å². The number of aromatic nitrogens is 1. The van der Waals surface area contributed by atoms with Crippen molar-refractivity contribution in [3.05, 3.63) is 119 Å². The highest BCUT2D eigenvalue weighted by Crippen LogP contribution is 2.39. The summed E-state index contributed by atoms with van der Waals surface area (Å²) in [6.45, 7) is 4.34. The van der Waals surface area contributed by atoms with Crippen molar-refractivity contribution in [2.75, 3.05) is 17.3 Å². The lowest BCUT2D eigenvalue weighted by atomic mass is 10.0. The quantitative estimate of drug-likeness (QED) is 0.128. The molecule has 0 bridgehead atoms. The number of hydrogen-bond acceptors (Lipinski definition) is 3. The minimum absolute atomic E-state index is 0.00821. The monoisotopic (exact) mass is 660 g/mol. The van der Waals surface area contributed by atoms with Gasteiger partial charge < -0.3 is 19.3 Å². The fourth-order valence-electron chi connectivity index (χ4n) is 5.59. The van der Waals surface area contributed by atoms with Crippen molar-refractivity contribution in [3.63, 3.8) is 0 Å². The van der Waals surface area contributed by atoms with Crippen LogP contribution in [0.4, 0.5) is 10.1 Å². The normalized spacial score (nSPS) is 11.3. The van der Waals surface area contributed by atoms with Crippen LogP contribution in [-0.2, 0) is 17.8 Å². The van der Waals surface area contributed by atoms with Crippen LogP contribution < -0.4 is 9.64 Å². The molecule has 0 aliphatic carbocycles. The molecule has 1 heterocycles. The van der Waals surface area contributed by atoms with Gasteiger partial charge >= 0.3 is 5.97 Å². The van der Waals surface area contributed by atoms with Gasteiger partial charge in [0.2, 0.25) is 5.91 Å². The summed E-state index contributed by atoms with van der Waals surface area (Å²) in [5, 5.41) is 11.9. The van der Waals surface area contributed by atoms with E-state index in [-0.39, 0.29) is 43.0 Å². The first-order valence-electron chi connectivity index (χ1n) is 15.2. The van der Waals surface area contributed by atoms with Crippen LogP contribution in [0.5, 0.6) is 5.75 Å². The molecular weight excluding hydrogens is 626 g/mol. The van der Waals surface area contributed by atoms with E-state index >= 15 is 0 Å². The van der Waals surface area contributed by atoms with Crippen molar-refractivity contribution in [1.29, 1.82) is 0 Å². The van der Waals surface area contributed by atoms with Gasteiger partial charge in [0.05, 0.1) is 17.3 Å². The standard InChI is InChI=1S/C37H35Cl2FN2O4/c1-24(2)46-31-15-10-27(11-16-31)28-12-17-33-32(22-28)35(36(37(44)45)42(33)23-26-5-3-6-29(39)21-26)41(34(43)7-4-19-38)20-18-25-8-13-30(40)14-9-25/h3,5-6,8-17,21-22,24H,4,7,18-20,23H2,1-2H3,(H,44,45). The van der Waals surface area contributed by atoms with Crippen LogP contribution in [0.2, 0.25) is 5.02 Å². The molecule has 0 fully saturated rings. The van der Waals surface area contributed by atoms with Crippen LogP contribution in [-0.4, -0.2) is 40.1 Å². The van der Waals surface area contributed by atoms with Gasteiger partial charge in [-0.1, -0.05) is 54.1 Å². The van der Waals surface area contributed by atoms with Crippen LogP contribution in [0.25, 0.3) is 22.0 Å². The Kier molecular flexibility index (Phi) is 10.7. The van der Waals surface area contributed by atoms with Crippen molar-refractivity contribution in [3.8, 4) is 16.9 Å². The van der Waals surface area contributed by atoms with Crippen molar-refractivity contribution in [1.82, 2.24) is 4.57 Å². The molecule has 4 aromatic carbocycles. The largest absolute Gasteiger partial charge is 0.491 e. The molecule has 0 aliphatic heterocycles. The minimum atomic E-state index is -1.16. The molecule has 5 aromatic rings. The number of carbonyl (C=O) groups excluding carboxylic acids is 1. The summed E-state index contributed by atoms with van der Waals surface area (Å²) >= 11 is 12.3. The number of amides is 1. The van der Waals surface area contributed by atoms with Gasteiger partial charge in [0.1, 0.15) is 11.6 Å². The second-order valence-corrected chi connectivity index (χ2v) is 12.2. The Morgan fingerprint density at radius 1 is 0.935 bits per heavy atom. The molecule has 0 unspecified atom stereocenters. The third kappa shape index (κ3) is 7.72. The predicted molar refractivity (Wildman–Crippen MR) is 183 cm³/mol. The highest BCUT2D eigenvalue weighted by atomic mass is 35.5. The Hall–Kier alpha value is -4.33. The van der Waals surface area contributed by atoms with Crippen LogP contribution in [0, 0.1) is 5.82 Å². The molecular formula is C37H35Cl2FN2O4. The maximum absolute atomic E-state index is 13.9. The molecule has 9 heteroatoms. The lowest BCUT2D eigenvalue weighted by molar-refractivity contribution is -0.118. The molecule has 6 nitrogen and oxygen atoms in total. The molecule has 46 heavy (non-hydrogen) atoms. The fraction of sp³-hybridized carbons (Fsp3) is 0.243. The average Bonchev–Trinajstić information content (AvgIpc) is 3.34. The minimum Gasteiger partial charge on any atom is -0.491 e. The van der Waals surface area contributed by atoms with Crippen LogP contribution >= 0.6 is 23.2 Å². The molecule has 0 aliphatic rings. The van der Waals surface area contributed by atoms with E-state index in [0.29, 0.717) is 40.3 Å². The highest BCUT2D eigenvalue weighted by Gasteiger charge is 2.30. The first kappa shape index (κ1) is 33.0. The number of halogens is 3. The highest BCUT2D eigenvalue weighted by molar-refractivity contribution is 6.30. The summed E-state index contributed by atoms with van der Waals surface area (Å²) in [4.78, 5) is 28.6. The molecule has 0 radical (unpaired) electrons. The summed E-state index contributed by atoms with van der Waals surface area (Å²) in [5.41, 5.74) is 4.37. The van der Waals surface area contributed by atoms with E-state index < -0.39 is 5.97 Å². The van der Waals surface area contributed by atoms with E-state index in [9.17, 15) is 19.1 Å². The predicted octanol–water partition coefficient (Wildman–Crippen LogP) is 9.23. The van der Waals surface area contributed by atoms with Crippen molar-refractivity contribution < 1.29 is 23.8 Å². The maximum Gasteiger partial charge on any atom is 0.354 e. The molecule has 1 N–H and O–H groups in total. The molecule has 0 atom stereocenters. The lowest BCUT2D eigenvalue weighted by Crippen LogP contribution is -2.34. The van der Waals surface area contributed by atoms with Gasteiger partial charge in [0.25, 0.3) is 0 Å². The second kappa shape index (κ2) is 14.8. The van der Waals surface area contributed by atoms with E-state index in [1.54, 1.807) is 33.7 Å². The summed E-state index contributed by atoms with van der Waals surface area (Å²) in [5.74, 6) is -0.722. The summed E-state index contributed by atoms with van der Waals surface area (Å²) < 4.78 is 21.2. The van der Waals surface area contributed by atoms with Gasteiger partial charge in [-0.3, -0.25) is 4.79 Å². The van der Waals surface area contributed by atoms with E-state index in [1.807, 2.05) is 68.4 Å². The van der Waals surface area contributed by atoms with Gasteiger partial charge in [-0.15, -0.1) is 11.6 Å². The van der Waals surface area contributed by atoms with E-state index in [1.165, 1.54) is 12.1 Å². The SMILES string of the molecule is CC(C)Oc1ccc(-c2ccc3c(c2)c(N(CCc2ccc(F)cc2)C(=O)CCCCl)c(C(=O)O)n3Cc2cccc(Cl)c2)cc1. The van der Waals surface area contributed by atoms with E-state index in [4.69, 9.17) is 27.9 Å². The fourth-order valence-corrected chi connectivity index (χ4v) is 5.94. The Morgan fingerprint density at radius 3 is 2.30 bits per heavy atom. The number of rotatable bonds is 13. The van der Waals surface area contributed by atoms with Gasteiger partial charge in [0, 0.05) is 35.8 Å². The zero-order valence-electron chi connectivity index (χ0n) is 25.7. The topological polar surface area (TPSA) is 71.8 Å². The van der Waals surface area contributed by atoms with Gasteiger partial charge in [0.15, 0.2) is 5.69 Å². The zero-order valence-corrected chi connectivity index (χ0v) is 27.2. The van der Waals surface area contributed by atoms with Crippen LogP contribution in [0.15, 0.2) is 91.0 Å². The van der Waals surface area contributed by atoms with E-state index in [2.05, 4.69) is 0 Å².